The number of amides is 5. The van der Waals surface area contributed by atoms with Crippen molar-refractivity contribution in [3.8, 4) is 0 Å². The Morgan fingerprint density at radius 2 is 1.63 bits per heavy atom. The van der Waals surface area contributed by atoms with Crippen LogP contribution in [0.2, 0.25) is 0 Å². The van der Waals surface area contributed by atoms with Crippen LogP contribution in [0.1, 0.15) is 108 Å². The third-order valence-corrected chi connectivity index (χ3v) is 16.3. The van der Waals surface area contributed by atoms with Gasteiger partial charge >= 0.3 is 6.18 Å². The van der Waals surface area contributed by atoms with Gasteiger partial charge in [0, 0.05) is 73.8 Å². The number of carbonyl (C=O) groups is 5. The number of anilines is 1. The van der Waals surface area contributed by atoms with Gasteiger partial charge in [-0.1, -0.05) is 6.07 Å². The average molecular weight is 1020 g/mol. The standard InChI is InChI=1S/C52H71F3N10O8/c1-33(2)63(3)36-8-10-42(65-21-11-40(48(65)69)60-46-37-28-35(52(53,54)55)7-9-39(37)58-32-59-46)41(29-36)61-49(70)50-13-16-51(17-14-50,18-15-50)62-43(66)12-22-71-24-26-73-27-25-72-23-20-57-47(68)38-30-44(67)64(4)45(38)34-6-5-19-56-31-34/h5-7,9,19,28,31-33,36,38,40-42,45H,8,10-18,20-27,29-30H2,1-4H3,(H,57,68)(H,61,70)(H,62,66)(H,58,59,60)/t36-,38+,40+,41-,42+,45-,50?,51?/m1/s1. The average Bonchev–Trinajstić information content (AvgIpc) is 3.90. The molecule has 6 aliphatic rings. The number of aromatic nitrogens is 3. The highest BCUT2D eigenvalue weighted by molar-refractivity contribution is 5.94. The molecule has 0 radical (unpaired) electrons. The summed E-state index contributed by atoms with van der Waals surface area (Å²) in [6, 6.07) is 5.81. The molecule has 2 bridgehead atoms. The summed E-state index contributed by atoms with van der Waals surface area (Å²) in [6.07, 6.45) is 7.02. The summed E-state index contributed by atoms with van der Waals surface area (Å²) in [5.41, 5.74) is -0.609. The lowest BCUT2D eigenvalue weighted by atomic mass is 9.56. The monoisotopic (exact) mass is 1020 g/mol. The minimum atomic E-state index is -4.55. The largest absolute Gasteiger partial charge is 0.416 e. The van der Waals surface area contributed by atoms with Crippen molar-refractivity contribution in [3.63, 3.8) is 0 Å². The second-order valence-electron chi connectivity index (χ2n) is 20.9. The van der Waals surface area contributed by atoms with Crippen LogP contribution in [0.4, 0.5) is 19.0 Å². The van der Waals surface area contributed by atoms with Gasteiger partial charge in [0.2, 0.25) is 29.5 Å². The topological polar surface area (TPSA) is 210 Å². The van der Waals surface area contributed by atoms with E-state index in [2.05, 4.69) is 62.0 Å². The molecule has 4 aliphatic carbocycles. The van der Waals surface area contributed by atoms with Gasteiger partial charge in [-0.15, -0.1) is 0 Å². The molecule has 398 valence electrons. The van der Waals surface area contributed by atoms with Crippen LogP contribution in [-0.2, 0) is 44.4 Å². The van der Waals surface area contributed by atoms with E-state index in [4.69, 9.17) is 14.2 Å². The van der Waals surface area contributed by atoms with Crippen LogP contribution in [0.5, 0.6) is 0 Å². The summed E-state index contributed by atoms with van der Waals surface area (Å²) >= 11 is 0. The number of fused-ring (bicyclic) bond motifs is 4. The van der Waals surface area contributed by atoms with E-state index in [9.17, 15) is 37.1 Å². The lowest BCUT2D eigenvalue weighted by Crippen LogP contribution is -2.63. The predicted octanol–water partition coefficient (Wildman–Crippen LogP) is 4.79. The van der Waals surface area contributed by atoms with Gasteiger partial charge in [-0.2, -0.15) is 13.2 Å². The number of likely N-dealkylation sites (tertiary alicyclic amines) is 2. The van der Waals surface area contributed by atoms with Crippen molar-refractivity contribution in [2.45, 2.75) is 139 Å². The zero-order chi connectivity index (χ0) is 51.9. The molecule has 0 unspecified atom stereocenters. The van der Waals surface area contributed by atoms with Gasteiger partial charge in [0.05, 0.1) is 74.8 Å². The van der Waals surface area contributed by atoms with Gasteiger partial charge < -0.3 is 50.2 Å². The van der Waals surface area contributed by atoms with Crippen LogP contribution in [0.25, 0.3) is 10.9 Å². The molecule has 0 spiro atoms. The number of ether oxygens (including phenoxy) is 3. The first-order chi connectivity index (χ1) is 35.0. The van der Waals surface area contributed by atoms with E-state index in [0.717, 1.165) is 24.1 Å². The number of rotatable bonds is 22. The quantitative estimate of drug-likeness (QED) is 0.100. The number of benzene rings is 1. The maximum Gasteiger partial charge on any atom is 0.416 e. The molecule has 9 rings (SSSR count). The number of halogens is 3. The van der Waals surface area contributed by atoms with E-state index < -0.39 is 29.1 Å². The van der Waals surface area contributed by atoms with E-state index in [1.165, 1.54) is 12.4 Å². The SMILES string of the molecule is CC(C)N(C)[C@@H]1CC[C@H](N2CC[C@H](Nc3ncnc4ccc(C(F)(F)F)cc34)C2=O)[C@H](NC(=O)C23CCC(NC(=O)CCOCCOCCOCCNC(=O)[C@H]4CC(=O)N(C)[C@@H]4c4cccnc4)(CC2)CC3)C1. The smallest absolute Gasteiger partial charge is 0.379 e. The summed E-state index contributed by atoms with van der Waals surface area (Å²) < 4.78 is 57.8. The van der Waals surface area contributed by atoms with Crippen molar-refractivity contribution in [1.82, 2.24) is 45.6 Å². The maximum atomic E-state index is 14.5. The van der Waals surface area contributed by atoms with Crippen molar-refractivity contribution in [3.05, 3.63) is 60.2 Å². The second kappa shape index (κ2) is 23.4. The molecule has 4 heterocycles. The third-order valence-electron chi connectivity index (χ3n) is 16.3. The van der Waals surface area contributed by atoms with E-state index in [-0.39, 0.29) is 95.9 Å². The molecule has 2 aromatic heterocycles. The fraction of sp³-hybridized carbons (Fsp3) is 0.654. The van der Waals surface area contributed by atoms with E-state index in [1.54, 1.807) is 30.4 Å². The lowest BCUT2D eigenvalue weighted by Gasteiger charge is -2.53. The van der Waals surface area contributed by atoms with Gasteiger partial charge in [0.1, 0.15) is 18.2 Å². The maximum absolute atomic E-state index is 14.5. The molecule has 4 saturated carbocycles. The van der Waals surface area contributed by atoms with Gasteiger partial charge in [-0.05, 0) is 115 Å². The number of nitrogens with zero attached hydrogens (tertiary/aromatic N) is 6. The number of alkyl halides is 3. The second-order valence-corrected chi connectivity index (χ2v) is 20.9. The molecule has 6 atom stereocenters. The fourth-order valence-electron chi connectivity index (χ4n) is 11.7. The van der Waals surface area contributed by atoms with Crippen molar-refractivity contribution in [1.29, 1.82) is 0 Å². The van der Waals surface area contributed by atoms with Crippen LogP contribution in [0.3, 0.4) is 0 Å². The van der Waals surface area contributed by atoms with Crippen LogP contribution in [0, 0.1) is 11.3 Å². The minimum absolute atomic E-state index is 0.00169. The van der Waals surface area contributed by atoms with Gasteiger partial charge in [0.25, 0.3) is 0 Å². The molecule has 3 aromatic rings. The summed E-state index contributed by atoms with van der Waals surface area (Å²) in [5.74, 6) is -0.888. The number of pyridine rings is 1. The third kappa shape index (κ3) is 12.5. The molecule has 2 saturated heterocycles. The Morgan fingerprint density at radius 1 is 0.918 bits per heavy atom. The summed E-state index contributed by atoms with van der Waals surface area (Å²) in [5, 5.41) is 13.0. The van der Waals surface area contributed by atoms with Crippen molar-refractivity contribution in [2.24, 2.45) is 11.3 Å². The zero-order valence-corrected chi connectivity index (χ0v) is 42.4. The highest BCUT2D eigenvalue weighted by Gasteiger charge is 2.54. The summed E-state index contributed by atoms with van der Waals surface area (Å²) in [6.45, 7) is 6.86. The number of carbonyl (C=O) groups excluding carboxylic acids is 5. The van der Waals surface area contributed by atoms with Crippen molar-refractivity contribution in [2.75, 3.05) is 72.1 Å². The molecule has 4 N–H and O–H groups in total. The molecule has 1 aromatic carbocycles. The Labute approximate surface area is 424 Å². The van der Waals surface area contributed by atoms with E-state index in [1.807, 2.05) is 11.0 Å². The first-order valence-electron chi connectivity index (χ1n) is 25.9. The highest BCUT2D eigenvalue weighted by Crippen LogP contribution is 2.53. The number of nitrogens with one attached hydrogen (secondary N) is 4. The number of hydrogen-bond acceptors (Lipinski definition) is 13. The Kier molecular flexibility index (Phi) is 17.2. The molecule has 2 aliphatic heterocycles. The lowest BCUT2D eigenvalue weighted by molar-refractivity contribution is -0.143. The molecule has 18 nitrogen and oxygen atoms in total. The highest BCUT2D eigenvalue weighted by atomic mass is 19.4. The first kappa shape index (κ1) is 53.8. The predicted molar refractivity (Wildman–Crippen MR) is 263 cm³/mol. The Hall–Kier alpha value is -5.51. The Balaban J connectivity index is 0.738. The van der Waals surface area contributed by atoms with Crippen molar-refractivity contribution < 1.29 is 51.4 Å². The normalized spacial score (nSPS) is 27.3. The minimum Gasteiger partial charge on any atom is -0.379 e. The van der Waals surface area contributed by atoms with Gasteiger partial charge in [-0.25, -0.2) is 9.97 Å². The fourth-order valence-corrected chi connectivity index (χ4v) is 11.7. The molecule has 5 amide bonds. The number of hydrogen-bond donors (Lipinski definition) is 4. The van der Waals surface area contributed by atoms with E-state index >= 15 is 0 Å². The van der Waals surface area contributed by atoms with Gasteiger partial charge in [-0.3, -0.25) is 29.0 Å². The van der Waals surface area contributed by atoms with Crippen LogP contribution < -0.4 is 21.3 Å². The van der Waals surface area contributed by atoms with Gasteiger partial charge in [0.15, 0.2) is 0 Å². The first-order valence-corrected chi connectivity index (χ1v) is 25.9. The molecular formula is C52H71F3N10O8. The Morgan fingerprint density at radius 3 is 2.32 bits per heavy atom. The summed E-state index contributed by atoms with van der Waals surface area (Å²) in [4.78, 5) is 85.5. The van der Waals surface area contributed by atoms with E-state index in [0.29, 0.717) is 109 Å². The molecular weight excluding hydrogens is 950 g/mol. The summed E-state index contributed by atoms with van der Waals surface area (Å²) in [7, 11) is 3.80. The Bertz CT molecular complexity index is 2410. The molecule has 73 heavy (non-hydrogen) atoms. The van der Waals surface area contributed by atoms with Crippen LogP contribution in [-0.4, -0.2) is 162 Å². The van der Waals surface area contributed by atoms with Crippen LogP contribution >= 0.6 is 0 Å². The molecule has 6 fully saturated rings. The van der Waals surface area contributed by atoms with Crippen LogP contribution in [0.15, 0.2) is 49.1 Å². The zero-order valence-electron chi connectivity index (χ0n) is 42.4. The van der Waals surface area contributed by atoms with Crippen molar-refractivity contribution >= 4 is 46.3 Å². The molecule has 21 heteroatoms.